The Hall–Kier alpha value is -1.07. The van der Waals surface area contributed by atoms with Crippen molar-refractivity contribution >= 4 is 5.69 Å². The molecule has 0 spiro atoms. The van der Waals surface area contributed by atoms with Gasteiger partial charge in [0.15, 0.2) is 0 Å². The summed E-state index contributed by atoms with van der Waals surface area (Å²) in [5.74, 6) is 0.714. The van der Waals surface area contributed by atoms with Gasteiger partial charge in [0, 0.05) is 18.8 Å². The molecule has 1 saturated heterocycles. The van der Waals surface area contributed by atoms with E-state index in [4.69, 9.17) is 5.73 Å². The molecule has 5 nitrogen and oxygen atoms in total. The average molecular weight is 252 g/mol. The van der Waals surface area contributed by atoms with Gasteiger partial charge in [0.25, 0.3) is 0 Å². The largest absolute Gasteiger partial charge is 0.396 e. The fourth-order valence-electron chi connectivity index (χ4n) is 2.70. The zero-order chi connectivity index (χ0) is 13.1. The van der Waals surface area contributed by atoms with Crippen LogP contribution in [0, 0.1) is 5.92 Å². The summed E-state index contributed by atoms with van der Waals surface area (Å²) in [7, 11) is 0. The molecule has 18 heavy (non-hydrogen) atoms. The van der Waals surface area contributed by atoms with Crippen LogP contribution in [0.4, 0.5) is 5.69 Å². The van der Waals surface area contributed by atoms with E-state index in [0.717, 1.165) is 6.54 Å². The molecule has 1 aliphatic heterocycles. The van der Waals surface area contributed by atoms with Gasteiger partial charge >= 0.3 is 0 Å². The second-order valence-corrected chi connectivity index (χ2v) is 5.50. The molecule has 3 N–H and O–H groups in total. The summed E-state index contributed by atoms with van der Waals surface area (Å²) in [6.45, 7) is 6.85. The predicted molar refractivity (Wildman–Crippen MR) is 72.1 cm³/mol. The number of aliphatic hydroxyl groups excluding tert-OH is 1. The van der Waals surface area contributed by atoms with Crippen molar-refractivity contribution in [3.8, 4) is 0 Å². The zero-order valence-corrected chi connectivity index (χ0v) is 11.3. The standard InChI is InChI=1S/C13H24N4O/c1-10-4-3-5-16(11(10)2)8-13(18)9-17-7-12(14)6-15-17/h6-7,10-11,13,18H,3-5,8-9,14H2,1-2H3. The minimum atomic E-state index is -0.392. The summed E-state index contributed by atoms with van der Waals surface area (Å²) in [6, 6.07) is 0.552. The van der Waals surface area contributed by atoms with Crippen molar-refractivity contribution in [1.82, 2.24) is 14.7 Å². The Balaban J connectivity index is 1.85. The van der Waals surface area contributed by atoms with Gasteiger partial charge in [-0.05, 0) is 32.2 Å². The molecule has 0 saturated carbocycles. The van der Waals surface area contributed by atoms with Crippen LogP contribution < -0.4 is 5.73 Å². The molecule has 3 unspecified atom stereocenters. The molecule has 1 aromatic rings. The topological polar surface area (TPSA) is 67.3 Å². The number of nitrogens with two attached hydrogens (primary N) is 1. The van der Waals surface area contributed by atoms with E-state index in [0.29, 0.717) is 30.7 Å². The Labute approximate surface area is 109 Å². The van der Waals surface area contributed by atoms with E-state index < -0.39 is 6.10 Å². The Bertz CT molecular complexity index is 379. The van der Waals surface area contributed by atoms with Crippen LogP contribution in [0.25, 0.3) is 0 Å². The average Bonchev–Trinajstić information content (AvgIpc) is 2.70. The number of hydrogen-bond donors (Lipinski definition) is 2. The van der Waals surface area contributed by atoms with Crippen LogP contribution in [0.3, 0.4) is 0 Å². The third-order valence-electron chi connectivity index (χ3n) is 4.00. The van der Waals surface area contributed by atoms with Crippen LogP contribution in [-0.2, 0) is 6.54 Å². The van der Waals surface area contributed by atoms with Crippen molar-refractivity contribution in [2.24, 2.45) is 5.92 Å². The first-order chi connectivity index (χ1) is 8.56. The summed E-state index contributed by atoms with van der Waals surface area (Å²) in [6.07, 6.45) is 5.50. The first-order valence-corrected chi connectivity index (χ1v) is 6.76. The van der Waals surface area contributed by atoms with Crippen LogP contribution in [0.5, 0.6) is 0 Å². The maximum atomic E-state index is 10.1. The van der Waals surface area contributed by atoms with E-state index in [1.807, 2.05) is 0 Å². The SMILES string of the molecule is CC1CCCN(CC(O)Cn2cc(N)cn2)C1C. The van der Waals surface area contributed by atoms with E-state index in [9.17, 15) is 5.11 Å². The van der Waals surface area contributed by atoms with Gasteiger partial charge in [-0.15, -0.1) is 0 Å². The lowest BCUT2D eigenvalue weighted by Crippen LogP contribution is -2.46. The van der Waals surface area contributed by atoms with Gasteiger partial charge < -0.3 is 10.8 Å². The van der Waals surface area contributed by atoms with E-state index >= 15 is 0 Å². The molecule has 0 aliphatic carbocycles. The summed E-state index contributed by atoms with van der Waals surface area (Å²) in [5, 5.41) is 14.2. The van der Waals surface area contributed by atoms with Gasteiger partial charge in [0.1, 0.15) is 0 Å². The Morgan fingerprint density at radius 3 is 2.94 bits per heavy atom. The van der Waals surface area contributed by atoms with Crippen LogP contribution in [0.2, 0.25) is 0 Å². The maximum Gasteiger partial charge on any atom is 0.0862 e. The number of anilines is 1. The lowest BCUT2D eigenvalue weighted by molar-refractivity contribution is 0.0428. The van der Waals surface area contributed by atoms with Crippen molar-refractivity contribution in [2.75, 3.05) is 18.8 Å². The first-order valence-electron chi connectivity index (χ1n) is 6.76. The van der Waals surface area contributed by atoms with Gasteiger partial charge in [-0.25, -0.2) is 0 Å². The predicted octanol–water partition coefficient (Wildman–Crippen LogP) is 0.947. The Morgan fingerprint density at radius 1 is 1.50 bits per heavy atom. The van der Waals surface area contributed by atoms with E-state index in [-0.39, 0.29) is 0 Å². The molecule has 5 heteroatoms. The molecule has 2 rings (SSSR count). The van der Waals surface area contributed by atoms with Crippen LogP contribution in [-0.4, -0.2) is 45.0 Å². The van der Waals surface area contributed by atoms with Gasteiger partial charge in [0.2, 0.25) is 0 Å². The molecule has 0 aromatic carbocycles. The van der Waals surface area contributed by atoms with E-state index in [1.54, 1.807) is 17.1 Å². The van der Waals surface area contributed by atoms with Gasteiger partial charge in [-0.2, -0.15) is 5.10 Å². The molecule has 0 amide bonds. The van der Waals surface area contributed by atoms with Crippen LogP contribution in [0.15, 0.2) is 12.4 Å². The first kappa shape index (κ1) is 13.4. The van der Waals surface area contributed by atoms with E-state index in [1.165, 1.54) is 12.8 Å². The highest BCUT2D eigenvalue weighted by molar-refractivity contribution is 5.30. The summed E-state index contributed by atoms with van der Waals surface area (Å²) in [5.41, 5.74) is 6.24. The van der Waals surface area contributed by atoms with Crippen LogP contribution >= 0.6 is 0 Å². The third kappa shape index (κ3) is 3.23. The molecule has 0 bridgehead atoms. The number of rotatable bonds is 4. The van der Waals surface area contributed by atoms with Gasteiger partial charge in [-0.1, -0.05) is 6.92 Å². The lowest BCUT2D eigenvalue weighted by Gasteiger charge is -2.38. The zero-order valence-electron chi connectivity index (χ0n) is 11.3. The second kappa shape index (κ2) is 5.71. The highest BCUT2D eigenvalue weighted by atomic mass is 16.3. The molecular weight excluding hydrogens is 228 g/mol. The van der Waals surface area contributed by atoms with Crippen molar-refractivity contribution in [3.63, 3.8) is 0 Å². The summed E-state index contributed by atoms with van der Waals surface area (Å²) >= 11 is 0. The molecule has 1 aliphatic rings. The Kier molecular flexibility index (Phi) is 4.24. The molecule has 102 valence electrons. The molecular formula is C13H24N4O. The number of aromatic nitrogens is 2. The van der Waals surface area contributed by atoms with Gasteiger partial charge in [-0.3, -0.25) is 9.58 Å². The lowest BCUT2D eigenvalue weighted by atomic mass is 9.92. The fourth-order valence-corrected chi connectivity index (χ4v) is 2.70. The van der Waals surface area contributed by atoms with Crippen molar-refractivity contribution in [2.45, 2.75) is 45.4 Å². The summed E-state index contributed by atoms with van der Waals surface area (Å²) in [4.78, 5) is 2.38. The van der Waals surface area contributed by atoms with Crippen molar-refractivity contribution < 1.29 is 5.11 Å². The fraction of sp³-hybridized carbons (Fsp3) is 0.769. The number of nitrogens with zero attached hydrogens (tertiary/aromatic N) is 3. The smallest absolute Gasteiger partial charge is 0.0862 e. The summed E-state index contributed by atoms with van der Waals surface area (Å²) < 4.78 is 1.71. The quantitative estimate of drug-likeness (QED) is 0.837. The van der Waals surface area contributed by atoms with Gasteiger partial charge in [0.05, 0.1) is 24.5 Å². The molecule has 1 fully saturated rings. The number of β-amino-alcohol motifs (C(OH)–C–C–N with tert-alkyl or cyclic N) is 1. The normalized spacial score (nSPS) is 27.3. The number of piperidine rings is 1. The second-order valence-electron chi connectivity index (χ2n) is 5.50. The minimum absolute atomic E-state index is 0.392. The highest BCUT2D eigenvalue weighted by Crippen LogP contribution is 2.22. The number of likely N-dealkylation sites (tertiary alicyclic amines) is 1. The number of hydrogen-bond acceptors (Lipinski definition) is 4. The number of aliphatic hydroxyl groups is 1. The maximum absolute atomic E-state index is 10.1. The molecule has 0 radical (unpaired) electrons. The highest BCUT2D eigenvalue weighted by Gasteiger charge is 2.26. The van der Waals surface area contributed by atoms with Crippen molar-refractivity contribution in [1.29, 1.82) is 0 Å². The molecule has 1 aromatic heterocycles. The van der Waals surface area contributed by atoms with Crippen molar-refractivity contribution in [3.05, 3.63) is 12.4 Å². The molecule has 3 atom stereocenters. The Morgan fingerprint density at radius 2 is 2.28 bits per heavy atom. The monoisotopic (exact) mass is 252 g/mol. The molecule has 2 heterocycles. The third-order valence-corrected chi connectivity index (χ3v) is 4.00. The number of nitrogen functional groups attached to an aromatic ring is 1. The minimum Gasteiger partial charge on any atom is -0.396 e. The van der Waals surface area contributed by atoms with E-state index in [2.05, 4.69) is 23.8 Å². The van der Waals surface area contributed by atoms with Crippen LogP contribution in [0.1, 0.15) is 26.7 Å².